The van der Waals surface area contributed by atoms with Crippen molar-refractivity contribution in [1.29, 1.82) is 0 Å². The van der Waals surface area contributed by atoms with Crippen LogP contribution in [0, 0.1) is 0 Å². The van der Waals surface area contributed by atoms with Crippen LogP contribution in [0.4, 0.5) is 0 Å². The second-order valence-corrected chi connectivity index (χ2v) is 7.79. The molecule has 0 heterocycles. The molecule has 24 heavy (non-hydrogen) atoms. The summed E-state index contributed by atoms with van der Waals surface area (Å²) in [5.41, 5.74) is 4.63. The van der Waals surface area contributed by atoms with Gasteiger partial charge in [-0.15, -0.1) is 0 Å². The molecule has 0 spiro atoms. The molecule has 2 nitrogen and oxygen atoms in total. The number of aromatic hydroxyl groups is 2. The fraction of sp³-hybridized carbons (Fsp3) is 0.455. The van der Waals surface area contributed by atoms with Crippen LogP contribution in [0.25, 0.3) is 0 Å². The summed E-state index contributed by atoms with van der Waals surface area (Å²) in [6.45, 7) is 8.46. The molecule has 1 aliphatic carbocycles. The first-order valence-corrected chi connectivity index (χ1v) is 9.02. The Morgan fingerprint density at radius 1 is 0.750 bits per heavy atom. The van der Waals surface area contributed by atoms with Gasteiger partial charge in [-0.3, -0.25) is 0 Å². The normalized spacial score (nSPS) is 16.4. The Morgan fingerprint density at radius 2 is 1.17 bits per heavy atom. The Labute approximate surface area is 145 Å². The van der Waals surface area contributed by atoms with Crippen LogP contribution in [-0.2, 0) is 5.41 Å². The van der Waals surface area contributed by atoms with Crippen molar-refractivity contribution in [3.05, 3.63) is 58.7 Å². The first-order chi connectivity index (χ1) is 11.3. The van der Waals surface area contributed by atoms with Gasteiger partial charge in [0.2, 0.25) is 0 Å². The minimum absolute atomic E-state index is 0.0225. The summed E-state index contributed by atoms with van der Waals surface area (Å²) in [5, 5.41) is 20.3. The van der Waals surface area contributed by atoms with Gasteiger partial charge >= 0.3 is 0 Å². The van der Waals surface area contributed by atoms with Gasteiger partial charge in [0, 0.05) is 5.41 Å². The molecule has 0 aromatic heterocycles. The highest BCUT2D eigenvalue weighted by atomic mass is 16.3. The molecular weight excluding hydrogens is 296 g/mol. The van der Waals surface area contributed by atoms with E-state index in [0.29, 0.717) is 23.3 Å². The lowest BCUT2D eigenvalue weighted by Crippen LogP contribution is -2.35. The molecule has 1 saturated carbocycles. The quantitative estimate of drug-likeness (QED) is 0.744. The molecule has 2 heteroatoms. The topological polar surface area (TPSA) is 40.5 Å². The van der Waals surface area contributed by atoms with Crippen molar-refractivity contribution < 1.29 is 10.2 Å². The molecule has 1 fully saturated rings. The molecule has 2 N–H and O–H groups in total. The van der Waals surface area contributed by atoms with Gasteiger partial charge in [-0.1, -0.05) is 58.4 Å². The zero-order valence-corrected chi connectivity index (χ0v) is 15.1. The molecule has 1 aliphatic rings. The predicted molar refractivity (Wildman–Crippen MR) is 99.0 cm³/mol. The second kappa shape index (κ2) is 6.16. The molecule has 0 unspecified atom stereocenters. The Hall–Kier alpha value is -1.96. The van der Waals surface area contributed by atoms with Crippen molar-refractivity contribution in [1.82, 2.24) is 0 Å². The maximum absolute atomic E-state index is 10.2. The summed E-state index contributed by atoms with van der Waals surface area (Å²) < 4.78 is 0. The molecule has 0 atom stereocenters. The lowest BCUT2D eigenvalue weighted by atomic mass is 9.60. The van der Waals surface area contributed by atoms with E-state index in [4.69, 9.17) is 0 Å². The minimum Gasteiger partial charge on any atom is -0.508 e. The van der Waals surface area contributed by atoms with Crippen molar-refractivity contribution in [2.24, 2.45) is 0 Å². The predicted octanol–water partition coefficient (Wildman–Crippen LogP) is 5.81. The molecule has 2 aromatic carbocycles. The number of phenols is 2. The van der Waals surface area contributed by atoms with E-state index < -0.39 is 0 Å². The van der Waals surface area contributed by atoms with Crippen LogP contribution in [-0.4, -0.2) is 10.2 Å². The van der Waals surface area contributed by atoms with Gasteiger partial charge in [-0.25, -0.2) is 0 Å². The standard InChI is InChI=1S/C22H28O2/c1-14(2)18-12-16(6-8-20(18)23)22(10-5-11-22)17-7-9-21(24)19(13-17)15(3)4/h6-9,12-15,23-24H,5,10-11H2,1-4H3. The van der Waals surface area contributed by atoms with Crippen LogP contribution in [0.5, 0.6) is 11.5 Å². The van der Waals surface area contributed by atoms with Crippen LogP contribution in [0.2, 0.25) is 0 Å². The molecule has 128 valence electrons. The Balaban J connectivity index is 2.11. The Kier molecular flexibility index (Phi) is 4.33. The van der Waals surface area contributed by atoms with Crippen LogP contribution >= 0.6 is 0 Å². The summed E-state index contributed by atoms with van der Waals surface area (Å²) in [4.78, 5) is 0. The number of hydrogen-bond acceptors (Lipinski definition) is 2. The monoisotopic (exact) mass is 324 g/mol. The molecular formula is C22H28O2. The van der Waals surface area contributed by atoms with Gasteiger partial charge < -0.3 is 10.2 Å². The van der Waals surface area contributed by atoms with Crippen molar-refractivity contribution in [3.8, 4) is 11.5 Å². The average Bonchev–Trinajstić information content (AvgIpc) is 2.48. The van der Waals surface area contributed by atoms with Crippen molar-refractivity contribution in [3.63, 3.8) is 0 Å². The molecule has 0 radical (unpaired) electrons. The highest BCUT2D eigenvalue weighted by molar-refractivity contribution is 5.50. The average molecular weight is 324 g/mol. The SMILES string of the molecule is CC(C)c1cc(C2(c3ccc(O)c(C(C)C)c3)CCC2)ccc1O. The number of rotatable bonds is 4. The van der Waals surface area contributed by atoms with Crippen LogP contribution < -0.4 is 0 Å². The van der Waals surface area contributed by atoms with Gasteiger partial charge in [0.25, 0.3) is 0 Å². The Bertz CT molecular complexity index is 680. The van der Waals surface area contributed by atoms with Crippen molar-refractivity contribution in [2.45, 2.75) is 64.2 Å². The Morgan fingerprint density at radius 3 is 1.46 bits per heavy atom. The third kappa shape index (κ3) is 2.68. The number of phenolic OH excluding ortho intramolecular Hbond substituents is 2. The summed E-state index contributed by atoms with van der Waals surface area (Å²) in [6.07, 6.45) is 3.46. The molecule has 0 aliphatic heterocycles. The van der Waals surface area contributed by atoms with Crippen molar-refractivity contribution in [2.75, 3.05) is 0 Å². The van der Waals surface area contributed by atoms with Gasteiger partial charge in [0.15, 0.2) is 0 Å². The summed E-state index contributed by atoms with van der Waals surface area (Å²) in [5.74, 6) is 1.37. The maximum Gasteiger partial charge on any atom is 0.119 e. The number of benzene rings is 2. The lowest BCUT2D eigenvalue weighted by molar-refractivity contribution is 0.300. The zero-order valence-electron chi connectivity index (χ0n) is 15.1. The van der Waals surface area contributed by atoms with Crippen LogP contribution in [0.3, 0.4) is 0 Å². The van der Waals surface area contributed by atoms with Crippen molar-refractivity contribution >= 4 is 0 Å². The smallest absolute Gasteiger partial charge is 0.119 e. The minimum atomic E-state index is 0.0225. The van der Waals surface area contributed by atoms with Gasteiger partial charge in [0.1, 0.15) is 11.5 Å². The first-order valence-electron chi connectivity index (χ1n) is 9.02. The second-order valence-electron chi connectivity index (χ2n) is 7.79. The van der Waals surface area contributed by atoms with Gasteiger partial charge in [-0.05, 0) is 59.1 Å². The van der Waals surface area contributed by atoms with E-state index in [2.05, 4.69) is 52.0 Å². The van der Waals surface area contributed by atoms with Crippen LogP contribution in [0.1, 0.15) is 81.0 Å². The zero-order chi connectivity index (χ0) is 17.5. The fourth-order valence-electron chi connectivity index (χ4n) is 3.90. The number of hydrogen-bond donors (Lipinski definition) is 2. The molecule has 0 bridgehead atoms. The van der Waals surface area contributed by atoms with E-state index in [-0.39, 0.29) is 5.41 Å². The van der Waals surface area contributed by atoms with E-state index in [1.807, 2.05) is 12.1 Å². The molecule has 3 rings (SSSR count). The van der Waals surface area contributed by atoms with E-state index >= 15 is 0 Å². The first kappa shape index (κ1) is 16.9. The molecule has 0 saturated heterocycles. The highest BCUT2D eigenvalue weighted by Crippen LogP contribution is 2.51. The maximum atomic E-state index is 10.2. The highest BCUT2D eigenvalue weighted by Gasteiger charge is 2.41. The summed E-state index contributed by atoms with van der Waals surface area (Å²) in [7, 11) is 0. The lowest BCUT2D eigenvalue weighted by Gasteiger charge is -2.44. The van der Waals surface area contributed by atoms with Crippen LogP contribution in [0.15, 0.2) is 36.4 Å². The largest absolute Gasteiger partial charge is 0.508 e. The molecule has 0 amide bonds. The van der Waals surface area contributed by atoms with E-state index in [1.54, 1.807) is 0 Å². The van der Waals surface area contributed by atoms with E-state index in [0.717, 1.165) is 24.0 Å². The molecule has 2 aromatic rings. The van der Waals surface area contributed by atoms with Gasteiger partial charge in [-0.2, -0.15) is 0 Å². The fourth-order valence-corrected chi connectivity index (χ4v) is 3.90. The summed E-state index contributed by atoms with van der Waals surface area (Å²) in [6, 6.07) is 12.2. The summed E-state index contributed by atoms with van der Waals surface area (Å²) >= 11 is 0. The third-order valence-electron chi connectivity index (χ3n) is 5.61. The van der Waals surface area contributed by atoms with E-state index in [1.165, 1.54) is 17.5 Å². The van der Waals surface area contributed by atoms with Gasteiger partial charge in [0.05, 0.1) is 0 Å². The van der Waals surface area contributed by atoms with E-state index in [9.17, 15) is 10.2 Å². The third-order valence-corrected chi connectivity index (χ3v) is 5.61.